The highest BCUT2D eigenvalue weighted by atomic mass is 32.2. The van der Waals surface area contributed by atoms with E-state index in [9.17, 15) is 15.0 Å². The van der Waals surface area contributed by atoms with Gasteiger partial charge < -0.3 is 19.9 Å². The number of nitrogens with one attached hydrogen (secondary N) is 1. The third-order valence-electron chi connectivity index (χ3n) is 4.68. The zero-order valence-corrected chi connectivity index (χ0v) is 18.5. The predicted octanol–water partition coefficient (Wildman–Crippen LogP) is 1.65. The van der Waals surface area contributed by atoms with Gasteiger partial charge in [0.15, 0.2) is 22.5 Å². The Morgan fingerprint density at radius 3 is 2.68 bits per heavy atom. The number of thioether (sulfide) groups is 1. The monoisotopic (exact) mass is 428 g/mol. The Morgan fingerprint density at radius 2 is 2.04 bits per heavy atom. The van der Waals surface area contributed by atoms with Crippen molar-refractivity contribution in [3.05, 3.63) is 16.2 Å². The summed E-state index contributed by atoms with van der Waals surface area (Å²) in [6.45, 7) is 6.73. The topological polar surface area (TPSA) is 113 Å². The van der Waals surface area contributed by atoms with Crippen molar-refractivity contribution in [2.75, 3.05) is 25.2 Å². The zero-order valence-electron chi connectivity index (χ0n) is 16.8. The minimum atomic E-state index is -1.27. The largest absolute Gasteiger partial charge is 0.388 e. The Balaban J connectivity index is 2.01. The summed E-state index contributed by atoms with van der Waals surface area (Å²) in [5, 5.41) is 21.8. The van der Waals surface area contributed by atoms with Gasteiger partial charge in [-0.05, 0) is 39.3 Å². The number of aliphatic hydroxyl groups is 2. The maximum atomic E-state index is 12.3. The summed E-state index contributed by atoms with van der Waals surface area (Å²) >= 11 is 1.48. The maximum absolute atomic E-state index is 12.3. The van der Waals surface area contributed by atoms with Gasteiger partial charge in [-0.15, -0.1) is 13.2 Å². The van der Waals surface area contributed by atoms with Crippen molar-refractivity contribution in [3.8, 4) is 0 Å². The number of rotatable bonds is 7. The molecule has 2 aromatic rings. The summed E-state index contributed by atoms with van der Waals surface area (Å²) in [6.07, 6.45) is 3.12. The molecule has 1 aliphatic rings. The zero-order chi connectivity index (χ0) is 20.6. The van der Waals surface area contributed by atoms with Crippen LogP contribution < -0.4 is 5.56 Å². The van der Waals surface area contributed by atoms with E-state index in [4.69, 9.17) is 4.74 Å². The van der Waals surface area contributed by atoms with E-state index in [-0.39, 0.29) is 11.1 Å². The molecule has 8 nitrogen and oxygen atoms in total. The molecule has 0 bridgehead atoms. The molecule has 3 rings (SSSR count). The van der Waals surface area contributed by atoms with Gasteiger partial charge in [0.05, 0.1) is 6.10 Å². The first-order valence-electron chi connectivity index (χ1n) is 9.43. The minimum Gasteiger partial charge on any atom is -0.388 e. The first kappa shape index (κ1) is 21.6. The summed E-state index contributed by atoms with van der Waals surface area (Å²) in [6, 6.07) is 0. The number of hydrogen-bond acceptors (Lipinski definition) is 7. The number of aliphatic hydroxyl groups excluding tert-OH is 2. The Hall–Kier alpha value is -1.12. The van der Waals surface area contributed by atoms with Crippen LogP contribution in [0.5, 0.6) is 0 Å². The van der Waals surface area contributed by atoms with Crippen LogP contribution in [0.25, 0.3) is 11.2 Å². The van der Waals surface area contributed by atoms with Gasteiger partial charge in [-0.1, -0.05) is 18.7 Å². The van der Waals surface area contributed by atoms with Gasteiger partial charge in [0.25, 0.3) is 5.56 Å². The van der Waals surface area contributed by atoms with Gasteiger partial charge in [0.2, 0.25) is 0 Å². The van der Waals surface area contributed by atoms with Crippen LogP contribution in [0.2, 0.25) is 0 Å². The van der Waals surface area contributed by atoms with Crippen LogP contribution in [0.4, 0.5) is 0 Å². The highest BCUT2D eigenvalue weighted by molar-refractivity contribution is 7.99. The molecule has 10 heteroatoms. The highest BCUT2D eigenvalue weighted by Crippen LogP contribution is 2.40. The van der Waals surface area contributed by atoms with Gasteiger partial charge >= 0.3 is 0 Å². The number of aromatic nitrogens is 4. The molecular weight excluding hydrogens is 399 g/mol. The van der Waals surface area contributed by atoms with Crippen LogP contribution in [0, 0.1) is 6.92 Å². The summed E-state index contributed by atoms with van der Waals surface area (Å²) < 4.78 is 7.74. The summed E-state index contributed by atoms with van der Waals surface area (Å²) in [5.41, 5.74) is 0.247. The average molecular weight is 428 g/mol. The van der Waals surface area contributed by atoms with Gasteiger partial charge in [-0.3, -0.25) is 9.36 Å². The van der Waals surface area contributed by atoms with E-state index < -0.39 is 31.4 Å². The van der Waals surface area contributed by atoms with Crippen molar-refractivity contribution in [1.82, 2.24) is 19.5 Å². The van der Waals surface area contributed by atoms with Gasteiger partial charge in [0.1, 0.15) is 18.0 Å². The molecule has 0 aromatic carbocycles. The van der Waals surface area contributed by atoms with Crippen LogP contribution >= 0.6 is 18.6 Å². The van der Waals surface area contributed by atoms with Gasteiger partial charge in [-0.2, -0.15) is 0 Å². The molecule has 0 spiro atoms. The summed E-state index contributed by atoms with van der Waals surface area (Å²) in [4.78, 5) is 23.9. The minimum absolute atomic E-state index is 0.211. The Labute approximate surface area is 168 Å². The molecule has 3 N–H and O–H groups in total. The smallest absolute Gasteiger partial charge is 0.279 e. The molecule has 0 radical (unpaired) electrons. The SMILES string of the molecule is C=P(C)(C)CC[C@H]1O[C@@H](n2c(SCCC)nc3c(=O)[nH]c(C)nc32)[C@H](O)[C@@H]1O. The number of ether oxygens (including phenoxy) is 1. The van der Waals surface area contributed by atoms with Crippen molar-refractivity contribution < 1.29 is 14.9 Å². The van der Waals surface area contributed by atoms with Crippen LogP contribution in [-0.2, 0) is 4.74 Å². The lowest BCUT2D eigenvalue weighted by Crippen LogP contribution is -2.32. The Kier molecular flexibility index (Phi) is 6.41. The number of hydrogen-bond donors (Lipinski definition) is 3. The van der Waals surface area contributed by atoms with E-state index >= 15 is 0 Å². The molecule has 28 heavy (non-hydrogen) atoms. The first-order chi connectivity index (χ1) is 13.1. The lowest BCUT2D eigenvalue weighted by Gasteiger charge is -2.19. The Bertz CT molecular complexity index is 953. The quantitative estimate of drug-likeness (QED) is 0.454. The molecule has 0 amide bonds. The fraction of sp³-hybridized carbons (Fsp3) is 0.667. The number of aromatic amines is 1. The molecule has 1 fully saturated rings. The summed E-state index contributed by atoms with van der Waals surface area (Å²) in [7, 11) is 0. The molecule has 1 saturated heterocycles. The number of fused-ring (bicyclic) bond motifs is 1. The number of H-pyrrole nitrogens is 1. The fourth-order valence-electron chi connectivity index (χ4n) is 3.26. The molecule has 0 unspecified atom stereocenters. The van der Waals surface area contributed by atoms with Crippen molar-refractivity contribution in [1.29, 1.82) is 0 Å². The molecule has 2 aromatic heterocycles. The fourth-order valence-corrected chi connectivity index (χ4v) is 5.08. The average Bonchev–Trinajstić information content (AvgIpc) is 3.09. The van der Waals surface area contributed by atoms with E-state index in [1.165, 1.54) is 11.8 Å². The second kappa shape index (κ2) is 8.32. The standard InChI is InChI=1S/C18H29N4O4PS/c1-6-9-28-18-21-12-15(19-10(2)20-16(12)25)22(18)17-14(24)13(23)11(26-17)7-8-27(3,4)5/h11,13-14,17,23-24H,3,6-9H2,1-2,4-5H3,(H,19,20,25)/t11-,13-,14-,17-/m1/s1. The second-order valence-corrected chi connectivity index (χ2v) is 13.3. The second-order valence-electron chi connectivity index (χ2n) is 7.93. The van der Waals surface area contributed by atoms with E-state index in [0.29, 0.717) is 23.0 Å². The third-order valence-corrected chi connectivity index (χ3v) is 7.31. The van der Waals surface area contributed by atoms with E-state index in [1.807, 2.05) is 0 Å². The number of imidazole rings is 1. The van der Waals surface area contributed by atoms with Crippen LogP contribution in [0.3, 0.4) is 0 Å². The molecule has 3 heterocycles. The van der Waals surface area contributed by atoms with Crippen LogP contribution in [0.1, 0.15) is 31.8 Å². The van der Waals surface area contributed by atoms with Crippen LogP contribution in [0.15, 0.2) is 9.95 Å². The lowest BCUT2D eigenvalue weighted by molar-refractivity contribution is -0.0400. The highest BCUT2D eigenvalue weighted by Gasteiger charge is 2.45. The molecule has 156 valence electrons. The molecule has 4 atom stereocenters. The van der Waals surface area contributed by atoms with E-state index in [1.54, 1.807) is 11.5 Å². The van der Waals surface area contributed by atoms with Gasteiger partial charge in [0, 0.05) is 5.75 Å². The van der Waals surface area contributed by atoms with E-state index in [0.717, 1.165) is 18.3 Å². The maximum Gasteiger partial charge on any atom is 0.279 e. The van der Waals surface area contributed by atoms with Crippen molar-refractivity contribution in [2.24, 2.45) is 0 Å². The van der Waals surface area contributed by atoms with Crippen molar-refractivity contribution in [2.45, 2.75) is 56.4 Å². The van der Waals surface area contributed by atoms with Gasteiger partial charge in [-0.25, -0.2) is 9.97 Å². The van der Waals surface area contributed by atoms with Crippen molar-refractivity contribution >= 4 is 36.1 Å². The molecule has 0 aliphatic carbocycles. The third kappa shape index (κ3) is 4.39. The predicted molar refractivity (Wildman–Crippen MR) is 115 cm³/mol. The normalized spacial score (nSPS) is 25.6. The number of aryl methyl sites for hydroxylation is 1. The van der Waals surface area contributed by atoms with Crippen molar-refractivity contribution in [3.63, 3.8) is 0 Å². The molecule has 1 aliphatic heterocycles. The molecule has 0 saturated carbocycles. The first-order valence-corrected chi connectivity index (χ1v) is 13.5. The van der Waals surface area contributed by atoms with Crippen LogP contribution in [-0.4, -0.2) is 79.6 Å². The lowest BCUT2D eigenvalue weighted by atomic mass is 10.1. The van der Waals surface area contributed by atoms with E-state index in [2.05, 4.69) is 41.5 Å². The number of nitrogens with zero attached hydrogens (tertiary/aromatic N) is 3. The Morgan fingerprint density at radius 1 is 1.32 bits per heavy atom. The molecular formula is C18H29N4O4PS. The summed E-state index contributed by atoms with van der Waals surface area (Å²) in [5.74, 6) is 1.26.